The summed E-state index contributed by atoms with van der Waals surface area (Å²) >= 11 is 1.38. The smallest absolute Gasteiger partial charge is 0.261 e. The summed E-state index contributed by atoms with van der Waals surface area (Å²) in [4.78, 5) is 18.5. The third kappa shape index (κ3) is 3.23. The van der Waals surface area contributed by atoms with Crippen molar-refractivity contribution in [2.45, 2.75) is 13.5 Å². The standard InChI is InChI=1S/C20H15FN2OS/c1-12-2-7-17-14(8-12)9-15-10-18(25-20(15)23-17)19(24)22-11-13-3-5-16(21)6-4-13/h2-10H,11H2,1H3,(H,22,24). The summed E-state index contributed by atoms with van der Waals surface area (Å²) in [6.45, 7) is 2.41. The Morgan fingerprint density at radius 2 is 1.88 bits per heavy atom. The number of carbonyl (C=O) groups excluding carboxylic acids is 1. The van der Waals surface area contributed by atoms with Crippen molar-refractivity contribution in [3.63, 3.8) is 0 Å². The van der Waals surface area contributed by atoms with Gasteiger partial charge in [0.05, 0.1) is 10.4 Å². The van der Waals surface area contributed by atoms with Crippen molar-refractivity contribution in [3.05, 3.63) is 76.4 Å². The lowest BCUT2D eigenvalue weighted by molar-refractivity contribution is 0.0955. The fourth-order valence-corrected chi connectivity index (χ4v) is 3.68. The Bertz CT molecular complexity index is 1090. The summed E-state index contributed by atoms with van der Waals surface area (Å²) in [5.74, 6) is -0.430. The SMILES string of the molecule is Cc1ccc2nc3sc(C(=O)NCc4ccc(F)cc4)cc3cc2c1. The maximum Gasteiger partial charge on any atom is 0.261 e. The van der Waals surface area contributed by atoms with Crippen molar-refractivity contribution in [2.24, 2.45) is 0 Å². The van der Waals surface area contributed by atoms with Crippen molar-refractivity contribution in [3.8, 4) is 0 Å². The normalized spacial score (nSPS) is 11.1. The Morgan fingerprint density at radius 1 is 1.08 bits per heavy atom. The zero-order valence-corrected chi connectivity index (χ0v) is 14.4. The molecule has 0 aliphatic rings. The quantitative estimate of drug-likeness (QED) is 0.575. The van der Waals surface area contributed by atoms with E-state index in [1.807, 2.05) is 25.1 Å². The molecule has 0 aliphatic carbocycles. The van der Waals surface area contributed by atoms with Crippen LogP contribution in [0, 0.1) is 12.7 Å². The van der Waals surface area contributed by atoms with E-state index < -0.39 is 0 Å². The Balaban J connectivity index is 1.58. The highest BCUT2D eigenvalue weighted by molar-refractivity contribution is 7.20. The van der Waals surface area contributed by atoms with Crippen molar-refractivity contribution in [1.82, 2.24) is 10.3 Å². The van der Waals surface area contributed by atoms with Crippen LogP contribution in [0.4, 0.5) is 4.39 Å². The number of hydrogen-bond donors (Lipinski definition) is 1. The maximum absolute atomic E-state index is 12.9. The molecular formula is C20H15FN2OS. The second-order valence-electron chi connectivity index (χ2n) is 6.00. The van der Waals surface area contributed by atoms with Crippen molar-refractivity contribution in [2.75, 3.05) is 0 Å². The molecule has 0 saturated carbocycles. The van der Waals surface area contributed by atoms with Gasteiger partial charge in [0.2, 0.25) is 0 Å². The second kappa shape index (κ2) is 6.26. The minimum absolute atomic E-state index is 0.146. The first kappa shape index (κ1) is 15.7. The first-order valence-electron chi connectivity index (χ1n) is 7.92. The van der Waals surface area contributed by atoms with E-state index in [0.717, 1.165) is 26.7 Å². The lowest BCUT2D eigenvalue weighted by Crippen LogP contribution is -2.21. The van der Waals surface area contributed by atoms with Crippen LogP contribution in [-0.2, 0) is 6.54 Å². The van der Waals surface area contributed by atoms with Gasteiger partial charge in [-0.3, -0.25) is 4.79 Å². The lowest BCUT2D eigenvalue weighted by atomic mass is 10.1. The monoisotopic (exact) mass is 350 g/mol. The van der Waals surface area contributed by atoms with Gasteiger partial charge in [-0.1, -0.05) is 23.8 Å². The van der Waals surface area contributed by atoms with Crippen molar-refractivity contribution >= 4 is 38.4 Å². The number of hydrogen-bond acceptors (Lipinski definition) is 3. The van der Waals surface area contributed by atoms with Crippen LogP contribution in [0.3, 0.4) is 0 Å². The van der Waals surface area contributed by atoms with E-state index in [0.29, 0.717) is 11.4 Å². The molecule has 2 aromatic carbocycles. The maximum atomic E-state index is 12.9. The highest BCUT2D eigenvalue weighted by Gasteiger charge is 2.12. The Kier molecular flexibility index (Phi) is 3.93. The summed E-state index contributed by atoms with van der Waals surface area (Å²) in [7, 11) is 0. The molecule has 2 aromatic heterocycles. The fraction of sp³-hybridized carbons (Fsp3) is 0.100. The molecule has 124 valence electrons. The number of pyridine rings is 1. The predicted octanol–water partition coefficient (Wildman–Crippen LogP) is 4.83. The molecule has 0 fully saturated rings. The number of carbonyl (C=O) groups is 1. The number of halogens is 1. The highest BCUT2D eigenvalue weighted by atomic mass is 32.1. The Morgan fingerprint density at radius 3 is 2.68 bits per heavy atom. The van der Waals surface area contributed by atoms with Gasteiger partial charge in [0.15, 0.2) is 0 Å². The number of amides is 1. The van der Waals surface area contributed by atoms with Crippen molar-refractivity contribution < 1.29 is 9.18 Å². The molecule has 4 rings (SSSR count). The van der Waals surface area contributed by atoms with Crippen LogP contribution in [0.15, 0.2) is 54.6 Å². The third-order valence-electron chi connectivity index (χ3n) is 4.05. The largest absolute Gasteiger partial charge is 0.347 e. The first-order valence-corrected chi connectivity index (χ1v) is 8.74. The van der Waals surface area contributed by atoms with E-state index in [2.05, 4.69) is 22.4 Å². The van der Waals surface area contributed by atoms with Crippen molar-refractivity contribution in [1.29, 1.82) is 0 Å². The summed E-state index contributed by atoms with van der Waals surface area (Å²) < 4.78 is 12.9. The molecule has 0 spiro atoms. The van der Waals surface area contributed by atoms with Crippen LogP contribution in [-0.4, -0.2) is 10.9 Å². The second-order valence-corrected chi connectivity index (χ2v) is 7.03. The number of nitrogens with zero attached hydrogens (tertiary/aromatic N) is 1. The van der Waals surface area contributed by atoms with Crippen LogP contribution in [0.2, 0.25) is 0 Å². The molecule has 0 atom stereocenters. The van der Waals surface area contributed by atoms with Crippen LogP contribution in [0.5, 0.6) is 0 Å². The van der Waals surface area contributed by atoms with Gasteiger partial charge in [-0.15, -0.1) is 11.3 Å². The molecular weight excluding hydrogens is 335 g/mol. The van der Waals surface area contributed by atoms with E-state index in [4.69, 9.17) is 0 Å². The number of rotatable bonds is 3. The third-order valence-corrected chi connectivity index (χ3v) is 5.09. The van der Waals surface area contributed by atoms with E-state index >= 15 is 0 Å². The molecule has 2 heterocycles. The van der Waals surface area contributed by atoms with E-state index in [-0.39, 0.29) is 11.7 Å². The summed E-state index contributed by atoms with van der Waals surface area (Å²) in [5, 5.41) is 4.91. The minimum atomic E-state index is -0.284. The average Bonchev–Trinajstić information content (AvgIpc) is 3.02. The van der Waals surface area contributed by atoms with Gasteiger partial charge in [-0.2, -0.15) is 0 Å². The molecule has 0 radical (unpaired) electrons. The molecule has 3 nitrogen and oxygen atoms in total. The zero-order valence-electron chi connectivity index (χ0n) is 13.5. The molecule has 0 saturated heterocycles. The Labute approximate surface area is 148 Å². The number of aryl methyl sites for hydroxylation is 1. The number of benzene rings is 2. The summed E-state index contributed by atoms with van der Waals surface area (Å²) in [6, 6.07) is 16.2. The molecule has 1 amide bonds. The van der Waals surface area contributed by atoms with Crippen LogP contribution in [0.25, 0.3) is 21.1 Å². The topological polar surface area (TPSA) is 42.0 Å². The molecule has 25 heavy (non-hydrogen) atoms. The van der Waals surface area contributed by atoms with E-state index in [1.165, 1.54) is 29.0 Å². The lowest BCUT2D eigenvalue weighted by Gasteiger charge is -2.03. The minimum Gasteiger partial charge on any atom is -0.347 e. The van der Waals surface area contributed by atoms with Gasteiger partial charge >= 0.3 is 0 Å². The van der Waals surface area contributed by atoms with Gasteiger partial charge in [0.25, 0.3) is 5.91 Å². The fourth-order valence-electron chi connectivity index (χ4n) is 2.74. The number of fused-ring (bicyclic) bond motifs is 2. The summed E-state index contributed by atoms with van der Waals surface area (Å²) in [5.41, 5.74) is 2.97. The van der Waals surface area contributed by atoms with Gasteiger partial charge in [-0.25, -0.2) is 9.37 Å². The molecule has 1 N–H and O–H groups in total. The number of nitrogens with one attached hydrogen (secondary N) is 1. The molecule has 0 unspecified atom stereocenters. The first-order chi connectivity index (χ1) is 12.1. The van der Waals surface area contributed by atoms with Crippen LogP contribution < -0.4 is 5.32 Å². The molecule has 4 aromatic rings. The molecule has 5 heteroatoms. The van der Waals surface area contributed by atoms with Crippen LogP contribution in [0.1, 0.15) is 20.8 Å². The van der Waals surface area contributed by atoms with Crippen LogP contribution >= 0.6 is 11.3 Å². The molecule has 0 bridgehead atoms. The van der Waals surface area contributed by atoms with E-state index in [1.54, 1.807) is 12.1 Å². The predicted molar refractivity (Wildman–Crippen MR) is 99.4 cm³/mol. The molecule has 0 aliphatic heterocycles. The number of thiophene rings is 1. The Hall–Kier alpha value is -2.79. The number of aromatic nitrogens is 1. The van der Waals surface area contributed by atoms with Gasteiger partial charge in [0, 0.05) is 17.3 Å². The van der Waals surface area contributed by atoms with E-state index in [9.17, 15) is 9.18 Å². The zero-order chi connectivity index (χ0) is 17.4. The van der Waals surface area contributed by atoms with Gasteiger partial charge in [0.1, 0.15) is 10.6 Å². The van der Waals surface area contributed by atoms with Gasteiger partial charge < -0.3 is 5.32 Å². The highest BCUT2D eigenvalue weighted by Crippen LogP contribution is 2.28. The summed E-state index contributed by atoms with van der Waals surface area (Å²) in [6.07, 6.45) is 0. The van der Waals surface area contributed by atoms with Gasteiger partial charge in [-0.05, 0) is 48.9 Å². The average molecular weight is 350 g/mol.